The Morgan fingerprint density at radius 2 is 1.20 bits per heavy atom. The molecule has 1 N–H and O–H groups in total. The smallest absolute Gasteiger partial charge is 0.143 e. The van der Waals surface area contributed by atoms with Gasteiger partial charge in [0.05, 0.1) is 17.1 Å². The highest BCUT2D eigenvalue weighted by Crippen LogP contribution is 2.53. The molecule has 3 heterocycles. The van der Waals surface area contributed by atoms with Gasteiger partial charge >= 0.3 is 0 Å². The summed E-state index contributed by atoms with van der Waals surface area (Å²) in [7, 11) is 0. The van der Waals surface area contributed by atoms with Crippen molar-refractivity contribution in [2.24, 2.45) is 0 Å². The zero-order valence-electron chi connectivity index (χ0n) is 25.7. The summed E-state index contributed by atoms with van der Waals surface area (Å²) in [4.78, 5) is 2.42. The third kappa shape index (κ3) is 3.90. The van der Waals surface area contributed by atoms with Crippen molar-refractivity contribution < 1.29 is 4.42 Å². The normalized spacial score (nSPS) is 13.6. The lowest BCUT2D eigenvalue weighted by Crippen LogP contribution is -2.30. The quantitative estimate of drug-likeness (QED) is 0.221. The Hall–Kier alpha value is -5.87. The van der Waals surface area contributed by atoms with E-state index in [-0.39, 0.29) is 5.41 Å². The summed E-state index contributed by atoms with van der Waals surface area (Å²) in [6.45, 7) is 4.65. The van der Waals surface area contributed by atoms with Crippen molar-refractivity contribution in [2.75, 3.05) is 4.90 Å². The fraction of sp³-hybridized carbons (Fsp3) is 0.0714. The standard InChI is InChI=1S/C42H31N3O/c1-42(2)33-20-10-12-22-35(33)45(36-23-13-11-21-34(36)42)29-25-31-30-19-9-14-24-37(30)46-41(31)32(26-29)38-39(27-15-5-3-6-16-27)43-44-40(38)28-17-7-4-8-18-28/h3-26H,1-2H3,(H,43,44). The topological polar surface area (TPSA) is 45.1 Å². The van der Waals surface area contributed by atoms with Crippen molar-refractivity contribution in [3.8, 4) is 33.6 Å². The zero-order chi connectivity index (χ0) is 30.8. The molecule has 0 saturated carbocycles. The number of H-pyrrole nitrogens is 1. The molecule has 4 nitrogen and oxygen atoms in total. The van der Waals surface area contributed by atoms with E-state index in [1.165, 1.54) is 22.5 Å². The molecule has 0 radical (unpaired) electrons. The Morgan fingerprint density at radius 1 is 0.609 bits per heavy atom. The second-order valence-corrected chi connectivity index (χ2v) is 12.5. The molecule has 0 amide bonds. The van der Waals surface area contributed by atoms with E-state index in [0.29, 0.717) is 0 Å². The van der Waals surface area contributed by atoms with Gasteiger partial charge in [-0.25, -0.2) is 0 Å². The van der Waals surface area contributed by atoms with Crippen LogP contribution in [0.4, 0.5) is 17.1 Å². The maximum Gasteiger partial charge on any atom is 0.143 e. The maximum absolute atomic E-state index is 6.74. The van der Waals surface area contributed by atoms with Crippen LogP contribution in [0.25, 0.3) is 55.6 Å². The molecule has 0 spiro atoms. The van der Waals surface area contributed by atoms with E-state index in [1.807, 2.05) is 18.2 Å². The highest BCUT2D eigenvalue weighted by molar-refractivity contribution is 6.14. The average Bonchev–Trinajstić information content (AvgIpc) is 3.72. The lowest BCUT2D eigenvalue weighted by molar-refractivity contribution is 0.632. The Bertz CT molecular complexity index is 2290. The molecule has 1 aliphatic rings. The molecule has 4 heteroatoms. The third-order valence-corrected chi connectivity index (χ3v) is 9.50. The number of benzene rings is 6. The monoisotopic (exact) mass is 593 g/mol. The predicted molar refractivity (Wildman–Crippen MR) is 189 cm³/mol. The number of nitrogens with zero attached hydrogens (tertiary/aromatic N) is 2. The van der Waals surface area contributed by atoms with Crippen molar-refractivity contribution in [1.82, 2.24) is 10.2 Å². The van der Waals surface area contributed by atoms with Gasteiger partial charge in [0, 0.05) is 44.1 Å². The number of aromatic nitrogens is 2. The van der Waals surface area contributed by atoms with Crippen LogP contribution < -0.4 is 4.90 Å². The molecule has 0 aliphatic carbocycles. The van der Waals surface area contributed by atoms with Gasteiger partial charge in [0.15, 0.2) is 0 Å². The van der Waals surface area contributed by atoms with Crippen LogP contribution >= 0.6 is 0 Å². The van der Waals surface area contributed by atoms with Crippen LogP contribution in [-0.4, -0.2) is 10.2 Å². The number of hydrogen-bond acceptors (Lipinski definition) is 3. The van der Waals surface area contributed by atoms with Crippen LogP contribution in [0, 0.1) is 0 Å². The molecule has 0 saturated heterocycles. The zero-order valence-corrected chi connectivity index (χ0v) is 25.7. The van der Waals surface area contributed by atoms with Crippen molar-refractivity contribution in [3.05, 3.63) is 157 Å². The Kier molecular flexibility index (Phi) is 5.81. The lowest BCUT2D eigenvalue weighted by Gasteiger charge is -2.42. The summed E-state index contributed by atoms with van der Waals surface area (Å²) in [6.07, 6.45) is 0. The fourth-order valence-corrected chi connectivity index (χ4v) is 7.30. The van der Waals surface area contributed by atoms with Gasteiger partial charge in [-0.1, -0.05) is 129 Å². The molecule has 0 unspecified atom stereocenters. The number of hydrogen-bond donors (Lipinski definition) is 1. The first-order valence-electron chi connectivity index (χ1n) is 15.7. The fourth-order valence-electron chi connectivity index (χ4n) is 7.30. The Morgan fingerprint density at radius 3 is 1.89 bits per heavy atom. The summed E-state index contributed by atoms with van der Waals surface area (Å²) >= 11 is 0. The molecule has 0 atom stereocenters. The van der Waals surface area contributed by atoms with Gasteiger partial charge in [-0.05, 0) is 41.5 Å². The van der Waals surface area contributed by atoms with Crippen molar-refractivity contribution >= 4 is 39.0 Å². The first kappa shape index (κ1) is 26.5. The minimum atomic E-state index is -0.148. The summed E-state index contributed by atoms with van der Waals surface area (Å²) in [5, 5.41) is 10.5. The van der Waals surface area contributed by atoms with Gasteiger partial charge in [-0.15, -0.1) is 0 Å². The molecule has 220 valence electrons. The maximum atomic E-state index is 6.74. The number of nitrogens with one attached hydrogen (secondary N) is 1. The van der Waals surface area contributed by atoms with Crippen LogP contribution in [0.2, 0.25) is 0 Å². The first-order chi connectivity index (χ1) is 22.6. The average molecular weight is 594 g/mol. The van der Waals surface area contributed by atoms with E-state index in [2.05, 4.69) is 151 Å². The summed E-state index contributed by atoms with van der Waals surface area (Å²) in [6, 6.07) is 51.3. The molecule has 0 fully saturated rings. The minimum Gasteiger partial charge on any atom is -0.455 e. The Labute approximate surface area is 267 Å². The number of rotatable bonds is 4. The second-order valence-electron chi connectivity index (χ2n) is 12.5. The number of furan rings is 1. The van der Waals surface area contributed by atoms with E-state index in [1.54, 1.807) is 0 Å². The molecule has 8 aromatic rings. The van der Waals surface area contributed by atoms with Crippen molar-refractivity contribution in [1.29, 1.82) is 0 Å². The highest BCUT2D eigenvalue weighted by atomic mass is 16.3. The number of para-hydroxylation sites is 3. The minimum absolute atomic E-state index is 0.148. The van der Waals surface area contributed by atoms with Crippen molar-refractivity contribution in [2.45, 2.75) is 19.3 Å². The van der Waals surface area contributed by atoms with Crippen LogP contribution in [-0.2, 0) is 5.41 Å². The molecular weight excluding hydrogens is 562 g/mol. The Balaban J connectivity index is 1.41. The largest absolute Gasteiger partial charge is 0.455 e. The van der Waals surface area contributed by atoms with E-state index in [4.69, 9.17) is 9.52 Å². The van der Waals surface area contributed by atoms with Gasteiger partial charge in [0.2, 0.25) is 0 Å². The summed E-state index contributed by atoms with van der Waals surface area (Å²) in [5.74, 6) is 0. The number of anilines is 3. The van der Waals surface area contributed by atoms with Crippen LogP contribution in [0.1, 0.15) is 25.0 Å². The molecule has 2 aromatic heterocycles. The molecule has 1 aliphatic heterocycles. The SMILES string of the molecule is CC1(C)c2ccccc2N(c2cc(-c3c(-c4ccccc4)n[nH]c3-c3ccccc3)c3oc4ccccc4c3c2)c2ccccc21. The molecule has 9 rings (SSSR count). The van der Waals surface area contributed by atoms with Crippen molar-refractivity contribution in [3.63, 3.8) is 0 Å². The van der Waals surface area contributed by atoms with E-state index in [0.717, 1.165) is 61.3 Å². The highest BCUT2D eigenvalue weighted by Gasteiger charge is 2.37. The lowest BCUT2D eigenvalue weighted by atomic mass is 9.73. The summed E-state index contributed by atoms with van der Waals surface area (Å²) < 4.78 is 6.74. The third-order valence-electron chi connectivity index (χ3n) is 9.50. The van der Waals surface area contributed by atoms with Crippen LogP contribution in [0.3, 0.4) is 0 Å². The summed E-state index contributed by atoms with van der Waals surface area (Å²) in [5.41, 5.74) is 13.6. The molecule has 6 aromatic carbocycles. The van der Waals surface area contributed by atoms with E-state index >= 15 is 0 Å². The van der Waals surface area contributed by atoms with Crippen LogP contribution in [0.5, 0.6) is 0 Å². The van der Waals surface area contributed by atoms with Crippen LogP contribution in [0.15, 0.2) is 150 Å². The van der Waals surface area contributed by atoms with Gasteiger partial charge in [0.25, 0.3) is 0 Å². The number of aromatic amines is 1. The molecule has 0 bridgehead atoms. The molecular formula is C42H31N3O. The van der Waals surface area contributed by atoms with Gasteiger partial charge in [-0.2, -0.15) is 5.10 Å². The van der Waals surface area contributed by atoms with E-state index in [9.17, 15) is 0 Å². The second kappa shape index (κ2) is 10.1. The van der Waals surface area contributed by atoms with Gasteiger partial charge in [0.1, 0.15) is 16.9 Å². The van der Waals surface area contributed by atoms with Gasteiger partial charge < -0.3 is 9.32 Å². The molecule has 46 heavy (non-hydrogen) atoms. The van der Waals surface area contributed by atoms with Gasteiger partial charge in [-0.3, -0.25) is 5.10 Å². The van der Waals surface area contributed by atoms with E-state index < -0.39 is 0 Å². The number of fused-ring (bicyclic) bond motifs is 5. The predicted octanol–water partition coefficient (Wildman–Crippen LogP) is 11.4. The first-order valence-corrected chi connectivity index (χ1v) is 15.7.